The minimum Gasteiger partial charge on any atom is -0.399 e. The number of nitrogens with zero attached hydrogens (tertiary/aromatic N) is 1. The molecule has 0 fully saturated rings. The Balaban J connectivity index is 2.04. The molecule has 0 amide bonds. The van der Waals surface area contributed by atoms with E-state index < -0.39 is 34.8 Å². The van der Waals surface area contributed by atoms with Gasteiger partial charge in [0, 0.05) is 12.1 Å². The van der Waals surface area contributed by atoms with E-state index in [1.165, 1.54) is 0 Å². The second-order valence-corrected chi connectivity index (χ2v) is 7.26. The van der Waals surface area contributed by atoms with Crippen LogP contribution in [0.15, 0.2) is 18.2 Å². The van der Waals surface area contributed by atoms with E-state index >= 15 is 0 Å². The van der Waals surface area contributed by atoms with E-state index in [1.54, 1.807) is 18.2 Å². The number of alkyl halides is 3. The van der Waals surface area contributed by atoms with Crippen molar-refractivity contribution < 1.29 is 21.6 Å². The summed E-state index contributed by atoms with van der Waals surface area (Å²) in [7, 11) is -3.85. The van der Waals surface area contributed by atoms with Crippen molar-refractivity contribution in [1.29, 1.82) is 0 Å². The average molecular weight is 339 g/mol. The van der Waals surface area contributed by atoms with Crippen LogP contribution in [0.1, 0.15) is 12.8 Å². The predicted molar refractivity (Wildman–Crippen MR) is 76.7 cm³/mol. The van der Waals surface area contributed by atoms with Crippen molar-refractivity contribution in [3.63, 3.8) is 0 Å². The summed E-state index contributed by atoms with van der Waals surface area (Å²) in [6.07, 6.45) is -5.98. The van der Waals surface area contributed by atoms with E-state index in [0.29, 0.717) is 15.9 Å². The first-order valence-corrected chi connectivity index (χ1v) is 8.35. The van der Waals surface area contributed by atoms with Crippen molar-refractivity contribution in [3.8, 4) is 0 Å². The third-order valence-corrected chi connectivity index (χ3v) is 4.92. The molecule has 0 aliphatic heterocycles. The van der Waals surface area contributed by atoms with Gasteiger partial charge in [0.2, 0.25) is 10.0 Å². The zero-order valence-corrected chi connectivity index (χ0v) is 12.3. The average Bonchev–Trinajstić information content (AvgIpc) is 2.66. The molecule has 21 heavy (non-hydrogen) atoms. The molecule has 1 aromatic carbocycles. The number of anilines is 2. The Hall–Kier alpha value is -1.55. The molecule has 0 saturated heterocycles. The summed E-state index contributed by atoms with van der Waals surface area (Å²) in [5.41, 5.74) is 6.69. The van der Waals surface area contributed by atoms with Crippen LogP contribution < -0.4 is 10.5 Å². The molecule has 0 saturated carbocycles. The monoisotopic (exact) mass is 339 g/mol. The number of nitrogens with two attached hydrogens (primary N) is 1. The third kappa shape index (κ3) is 4.74. The van der Waals surface area contributed by atoms with Gasteiger partial charge in [-0.05, 0) is 24.6 Å². The second-order valence-electron chi connectivity index (χ2n) is 4.39. The maximum absolute atomic E-state index is 12.0. The van der Waals surface area contributed by atoms with E-state index in [0.717, 1.165) is 11.3 Å². The number of sulfonamides is 1. The summed E-state index contributed by atoms with van der Waals surface area (Å²) in [6.45, 7) is 0. The topological polar surface area (TPSA) is 85.1 Å². The van der Waals surface area contributed by atoms with Gasteiger partial charge in [-0.25, -0.2) is 13.4 Å². The van der Waals surface area contributed by atoms with Crippen LogP contribution in [0, 0.1) is 0 Å². The second kappa shape index (κ2) is 5.68. The Labute approximate surface area is 123 Å². The van der Waals surface area contributed by atoms with Crippen molar-refractivity contribution in [3.05, 3.63) is 18.2 Å². The van der Waals surface area contributed by atoms with Gasteiger partial charge in [-0.15, -0.1) is 0 Å². The quantitative estimate of drug-likeness (QED) is 0.820. The van der Waals surface area contributed by atoms with Gasteiger partial charge in [0.15, 0.2) is 5.13 Å². The molecule has 0 unspecified atom stereocenters. The standard InChI is InChI=1S/C11H12F3N3O2S2/c12-11(13,14)4-1-5-21(18,19)17-10-16-8-3-2-7(15)6-9(8)20-10/h2-3,6H,1,4-5,15H2,(H,16,17). The molecule has 0 aliphatic carbocycles. The highest BCUT2D eigenvalue weighted by molar-refractivity contribution is 7.92. The molecular weight excluding hydrogens is 327 g/mol. The van der Waals surface area contributed by atoms with Gasteiger partial charge in [-0.2, -0.15) is 13.2 Å². The number of halogens is 3. The van der Waals surface area contributed by atoms with Crippen LogP contribution in [0.25, 0.3) is 10.2 Å². The molecule has 10 heteroatoms. The maximum atomic E-state index is 12.0. The van der Waals surface area contributed by atoms with Gasteiger partial charge in [0.25, 0.3) is 0 Å². The van der Waals surface area contributed by atoms with E-state index in [1.807, 2.05) is 0 Å². The Morgan fingerprint density at radius 1 is 1.33 bits per heavy atom. The van der Waals surface area contributed by atoms with Crippen molar-refractivity contribution in [2.45, 2.75) is 19.0 Å². The third-order valence-electron chi connectivity index (χ3n) is 2.53. The number of aromatic nitrogens is 1. The van der Waals surface area contributed by atoms with Crippen LogP contribution in [0.2, 0.25) is 0 Å². The van der Waals surface area contributed by atoms with Gasteiger partial charge >= 0.3 is 6.18 Å². The lowest BCUT2D eigenvalue weighted by molar-refractivity contribution is -0.134. The fourth-order valence-corrected chi connectivity index (χ4v) is 3.88. The van der Waals surface area contributed by atoms with E-state index in [2.05, 4.69) is 9.71 Å². The van der Waals surface area contributed by atoms with Crippen molar-refractivity contribution in [2.24, 2.45) is 0 Å². The molecule has 0 bridgehead atoms. The number of benzene rings is 1. The molecule has 0 radical (unpaired) electrons. The van der Waals surface area contributed by atoms with Crippen LogP contribution in [0.4, 0.5) is 24.0 Å². The first-order valence-electron chi connectivity index (χ1n) is 5.88. The Bertz CT molecular complexity index is 741. The summed E-state index contributed by atoms with van der Waals surface area (Å²) >= 11 is 1.07. The van der Waals surface area contributed by atoms with Crippen molar-refractivity contribution >= 4 is 42.4 Å². The Kier molecular flexibility index (Phi) is 4.28. The zero-order chi connectivity index (χ0) is 15.7. The lowest BCUT2D eigenvalue weighted by atomic mass is 10.3. The van der Waals surface area contributed by atoms with E-state index in [-0.39, 0.29) is 5.13 Å². The molecule has 1 heterocycles. The first kappa shape index (κ1) is 15.8. The summed E-state index contributed by atoms with van der Waals surface area (Å²) in [5, 5.41) is 0.114. The van der Waals surface area contributed by atoms with Crippen molar-refractivity contribution in [1.82, 2.24) is 4.98 Å². The van der Waals surface area contributed by atoms with Gasteiger partial charge in [-0.1, -0.05) is 11.3 Å². The molecule has 5 nitrogen and oxygen atoms in total. The number of nitrogens with one attached hydrogen (secondary N) is 1. The zero-order valence-electron chi connectivity index (χ0n) is 10.6. The highest BCUT2D eigenvalue weighted by Crippen LogP contribution is 2.28. The highest BCUT2D eigenvalue weighted by Gasteiger charge is 2.27. The minimum atomic E-state index is -4.36. The maximum Gasteiger partial charge on any atom is 0.389 e. The molecule has 0 spiro atoms. The number of rotatable bonds is 5. The molecule has 2 rings (SSSR count). The summed E-state index contributed by atoms with van der Waals surface area (Å²) in [4.78, 5) is 4.05. The summed E-state index contributed by atoms with van der Waals surface area (Å²) < 4.78 is 62.3. The van der Waals surface area contributed by atoms with Crippen LogP contribution in [-0.2, 0) is 10.0 Å². The molecule has 3 N–H and O–H groups in total. The fraction of sp³-hybridized carbons (Fsp3) is 0.364. The predicted octanol–water partition coefficient (Wildman–Crippen LogP) is 2.96. The smallest absolute Gasteiger partial charge is 0.389 e. The number of hydrogen-bond acceptors (Lipinski definition) is 5. The lowest BCUT2D eigenvalue weighted by Crippen LogP contribution is -2.18. The SMILES string of the molecule is Nc1ccc2nc(NS(=O)(=O)CCCC(F)(F)F)sc2c1. The van der Waals surface area contributed by atoms with Gasteiger partial charge in [-0.3, -0.25) is 4.72 Å². The molecule has 2 aromatic rings. The number of thiazole rings is 1. The lowest BCUT2D eigenvalue weighted by Gasteiger charge is -2.07. The van der Waals surface area contributed by atoms with Crippen molar-refractivity contribution in [2.75, 3.05) is 16.2 Å². The molecule has 0 atom stereocenters. The van der Waals surface area contributed by atoms with Crippen LogP contribution in [0.5, 0.6) is 0 Å². The van der Waals surface area contributed by atoms with Gasteiger partial charge in [0.05, 0.1) is 16.0 Å². The number of nitrogen functional groups attached to an aromatic ring is 1. The van der Waals surface area contributed by atoms with Crippen LogP contribution >= 0.6 is 11.3 Å². The van der Waals surface area contributed by atoms with Crippen LogP contribution in [-0.4, -0.2) is 25.3 Å². The largest absolute Gasteiger partial charge is 0.399 e. The molecule has 116 valence electrons. The normalized spacial score (nSPS) is 12.7. The summed E-state index contributed by atoms with van der Waals surface area (Å²) in [6, 6.07) is 4.92. The van der Waals surface area contributed by atoms with Gasteiger partial charge in [0.1, 0.15) is 0 Å². The number of fused-ring (bicyclic) bond motifs is 1. The minimum absolute atomic E-state index is 0.114. The first-order chi connectivity index (χ1) is 9.65. The molecular formula is C11H12F3N3O2S2. The van der Waals surface area contributed by atoms with Crippen LogP contribution in [0.3, 0.4) is 0 Å². The number of hydrogen-bond donors (Lipinski definition) is 2. The Morgan fingerprint density at radius 2 is 2.05 bits per heavy atom. The highest BCUT2D eigenvalue weighted by atomic mass is 32.2. The van der Waals surface area contributed by atoms with Gasteiger partial charge < -0.3 is 5.73 Å². The summed E-state index contributed by atoms with van der Waals surface area (Å²) in [5.74, 6) is -0.607. The molecule has 0 aliphatic rings. The molecule has 1 aromatic heterocycles. The van der Waals surface area contributed by atoms with E-state index in [9.17, 15) is 21.6 Å². The Morgan fingerprint density at radius 3 is 2.71 bits per heavy atom. The fourth-order valence-electron chi connectivity index (χ4n) is 1.63. The van der Waals surface area contributed by atoms with E-state index in [4.69, 9.17) is 5.73 Å².